The summed E-state index contributed by atoms with van der Waals surface area (Å²) in [7, 11) is 9.71. The van der Waals surface area contributed by atoms with Crippen molar-refractivity contribution in [3.05, 3.63) is 83.3 Å². The van der Waals surface area contributed by atoms with E-state index in [9.17, 15) is 9.90 Å². The molecule has 3 rings (SSSR count). The maximum atomic E-state index is 11.3. The van der Waals surface area contributed by atoms with E-state index < -0.39 is 5.79 Å². The molecule has 2 aromatic rings. The Kier molecular flexibility index (Phi) is 26.4. The zero-order valence-electron chi connectivity index (χ0n) is 23.3. The Morgan fingerprint density at radius 3 is 1.61 bits per heavy atom. The van der Waals surface area contributed by atoms with Gasteiger partial charge in [-0.2, -0.15) is 19.8 Å². The van der Waals surface area contributed by atoms with E-state index in [4.69, 9.17) is 40.3 Å². The smallest absolute Gasteiger partial charge is 0 e. The van der Waals surface area contributed by atoms with Crippen LogP contribution in [0.5, 0.6) is 0 Å². The molecule has 3 N–H and O–H groups in total. The molecule has 1 aliphatic heterocycles. The Morgan fingerprint density at radius 1 is 0.921 bits per heavy atom. The van der Waals surface area contributed by atoms with Gasteiger partial charge in [-0.25, -0.2) is 0 Å². The molecule has 2 aromatic carbocycles. The topological polar surface area (TPSA) is 103 Å². The standard InChI is InChI=1S/C10H14O.C10H12O.C7H14N2O2.2ClH.2H3P.Ru.H2/c2*1-8(2)10(11)9-6-4-3-5-7-9;1-7(2)10-5(3-8)6(4-9)11-7;;;;;;/h3-8,10-11H,1-2H3;3-8H,1-2H3;5-6,8-9H,3-4H2,1-2H3;2*1H;2*1H3;;1H/q;;-2;;;;;+4;/p-2/t;;5-,6-;;;;;;/m..0....../s1. The van der Waals surface area contributed by atoms with Gasteiger partial charge in [-0.3, -0.25) is 4.79 Å². The van der Waals surface area contributed by atoms with Crippen LogP contribution in [0.3, 0.4) is 0 Å². The summed E-state index contributed by atoms with van der Waals surface area (Å²) in [5.41, 5.74) is 16.1. The molecular formula is C27H48Cl2N2O4P2Ru. The Labute approximate surface area is 253 Å². The summed E-state index contributed by atoms with van der Waals surface area (Å²) in [5.74, 6) is -0.00218. The molecule has 3 unspecified atom stereocenters. The molecule has 38 heavy (non-hydrogen) atoms. The third-order valence-electron chi connectivity index (χ3n) is 5.04. The van der Waals surface area contributed by atoms with Crippen molar-refractivity contribution in [2.75, 3.05) is 13.1 Å². The van der Waals surface area contributed by atoms with Crippen LogP contribution in [0, 0.1) is 11.8 Å². The van der Waals surface area contributed by atoms with Crippen LogP contribution in [0.15, 0.2) is 60.7 Å². The molecule has 0 amide bonds. The second-order valence-corrected chi connectivity index (χ2v) is 11.8. The quantitative estimate of drug-likeness (QED) is 0.187. The van der Waals surface area contributed by atoms with Gasteiger partial charge in [-0.05, 0) is 25.3 Å². The molecule has 0 spiro atoms. The molecule has 222 valence electrons. The summed E-state index contributed by atoms with van der Waals surface area (Å²) in [6.07, 6.45) is -0.763. The van der Waals surface area contributed by atoms with Gasteiger partial charge >= 0.3 is 34.5 Å². The average Bonchev–Trinajstić information content (AvgIpc) is 3.19. The summed E-state index contributed by atoms with van der Waals surface area (Å²) in [5, 5.41) is 9.60. The Bertz CT molecular complexity index is 831. The second kappa shape index (κ2) is 23.7. The maximum Gasteiger partial charge on any atom is 0 e. The number of Topliss-reactive ketones (excluding diaryl/α,β-unsaturated/α-hetero) is 1. The minimum absolute atomic E-state index is 0. The van der Waals surface area contributed by atoms with Crippen molar-refractivity contribution in [3.63, 3.8) is 0 Å². The second-order valence-electron chi connectivity index (χ2n) is 9.16. The number of halogens is 2. The van der Waals surface area contributed by atoms with Gasteiger partial charge in [0.1, 0.15) is 0 Å². The minimum atomic E-state index is -0.600. The molecule has 1 aliphatic rings. The first-order chi connectivity index (χ1) is 16.9. The number of rotatable bonds is 6. The number of aliphatic hydroxyl groups excluding tert-OH is 1. The SMILES string of the molecule is CC(C)C(=O)c1ccccc1.CC(C)C(O)c1ccccc1.CC1(C)O[C@@H](C[NH-])[C@H](C[NH-])O1.P.P.[Cl][Ru+2][Cl].[HH]. The third-order valence-corrected chi connectivity index (χ3v) is 5.04. The van der Waals surface area contributed by atoms with Gasteiger partial charge in [0.25, 0.3) is 0 Å². The van der Waals surface area contributed by atoms with Crippen LogP contribution in [-0.4, -0.2) is 42.0 Å². The van der Waals surface area contributed by atoms with Gasteiger partial charge in [0, 0.05) is 12.9 Å². The maximum absolute atomic E-state index is 11.3. The summed E-state index contributed by atoms with van der Waals surface area (Å²) < 4.78 is 10.7. The van der Waals surface area contributed by atoms with Crippen molar-refractivity contribution in [1.82, 2.24) is 0 Å². The molecule has 0 aliphatic carbocycles. The number of hydrogen-bond donors (Lipinski definition) is 1. The normalized spacial score (nSPS) is 17.7. The zero-order valence-corrected chi connectivity index (χ0v) is 29.3. The molecule has 0 aromatic heterocycles. The number of hydrogen-bond acceptors (Lipinski definition) is 4. The minimum Gasteiger partial charge on any atom is 0 e. The number of aliphatic hydroxyl groups is 1. The van der Waals surface area contributed by atoms with Crippen molar-refractivity contribution in [3.8, 4) is 0 Å². The van der Waals surface area contributed by atoms with E-state index in [1.807, 2.05) is 102 Å². The number of ether oxygens (including phenoxy) is 2. The molecule has 11 heteroatoms. The first-order valence-corrected chi connectivity index (χ1v) is 16.2. The third kappa shape index (κ3) is 17.6. The van der Waals surface area contributed by atoms with Crippen molar-refractivity contribution in [1.29, 1.82) is 0 Å². The number of benzene rings is 2. The largest absolute Gasteiger partial charge is 0 e. The first kappa shape index (κ1) is 42.4. The van der Waals surface area contributed by atoms with E-state index in [-0.39, 0.29) is 85.4 Å². The Hall–Kier alpha value is -0.0266. The number of carbonyl (C=O) groups excluding carboxylic acids is 1. The van der Waals surface area contributed by atoms with Crippen LogP contribution >= 0.6 is 39.2 Å². The van der Waals surface area contributed by atoms with Crippen LogP contribution in [0.4, 0.5) is 0 Å². The van der Waals surface area contributed by atoms with Gasteiger partial charge in [0.15, 0.2) is 11.6 Å². The first-order valence-electron chi connectivity index (χ1n) is 11.8. The monoisotopic (exact) mass is 698 g/mol. The predicted molar refractivity (Wildman–Crippen MR) is 170 cm³/mol. The van der Waals surface area contributed by atoms with Gasteiger partial charge in [0.05, 0.1) is 18.3 Å². The van der Waals surface area contributed by atoms with E-state index in [0.29, 0.717) is 0 Å². The summed E-state index contributed by atoms with van der Waals surface area (Å²) in [6.45, 7) is 11.8. The van der Waals surface area contributed by atoms with Gasteiger partial charge in [-0.15, -0.1) is 13.1 Å². The van der Waals surface area contributed by atoms with E-state index in [0.717, 1.165) is 11.1 Å². The molecule has 6 nitrogen and oxygen atoms in total. The number of nitrogens with one attached hydrogen (secondary N) is 2. The van der Waals surface area contributed by atoms with Crippen LogP contribution in [0.25, 0.3) is 11.5 Å². The summed E-state index contributed by atoms with van der Waals surface area (Å²) in [4.78, 5) is 11.3. The van der Waals surface area contributed by atoms with Gasteiger partial charge in [-0.1, -0.05) is 88.4 Å². The van der Waals surface area contributed by atoms with Crippen LogP contribution in [0.1, 0.15) is 65.0 Å². The van der Waals surface area contributed by atoms with Crippen molar-refractivity contribution >= 4 is 45.0 Å². The molecule has 1 fully saturated rings. The van der Waals surface area contributed by atoms with Crippen LogP contribution < -0.4 is 0 Å². The van der Waals surface area contributed by atoms with Crippen LogP contribution in [0.2, 0.25) is 0 Å². The molecule has 1 saturated heterocycles. The predicted octanol–water partition coefficient (Wildman–Crippen LogP) is 8.25. The average molecular weight is 699 g/mol. The number of ketones is 1. The van der Waals surface area contributed by atoms with E-state index in [2.05, 4.69) is 0 Å². The van der Waals surface area contributed by atoms with Crippen molar-refractivity contribution in [2.24, 2.45) is 11.8 Å². The zero-order chi connectivity index (χ0) is 27.7. The fraction of sp³-hybridized carbons (Fsp3) is 0.519. The van der Waals surface area contributed by atoms with E-state index in [1.165, 1.54) is 0 Å². The van der Waals surface area contributed by atoms with E-state index in [1.54, 1.807) is 0 Å². The van der Waals surface area contributed by atoms with Crippen LogP contribution in [-0.2, 0) is 24.6 Å². The Morgan fingerprint density at radius 2 is 1.29 bits per heavy atom. The Balaban J connectivity index is -0.000000216. The van der Waals surface area contributed by atoms with E-state index >= 15 is 0 Å². The van der Waals surface area contributed by atoms with Gasteiger partial charge < -0.3 is 26.0 Å². The molecule has 0 radical (unpaired) electrons. The molecule has 1 heterocycles. The van der Waals surface area contributed by atoms with Gasteiger partial charge in [0.2, 0.25) is 0 Å². The molecule has 0 saturated carbocycles. The molecule has 5 atom stereocenters. The molecular weight excluding hydrogens is 650 g/mol. The summed E-state index contributed by atoms with van der Waals surface area (Å²) in [6, 6.07) is 19.1. The number of carbonyl (C=O) groups is 1. The molecule has 0 bridgehead atoms. The fourth-order valence-electron chi connectivity index (χ4n) is 3.23. The summed E-state index contributed by atoms with van der Waals surface area (Å²) >= 11 is -0.346. The van der Waals surface area contributed by atoms with Crippen molar-refractivity contribution < 1.29 is 35.9 Å². The van der Waals surface area contributed by atoms with Crippen molar-refractivity contribution in [2.45, 2.75) is 65.6 Å². The fourth-order valence-corrected chi connectivity index (χ4v) is 3.23.